The minimum absolute atomic E-state index is 0.0722. The highest BCUT2D eigenvalue weighted by Gasteiger charge is 2.16. The number of halogens is 2. The SMILES string of the molecule is CC(=O)c1cc(Br)ccc1Oc1ccc([N+](=O)[O-])c(F)c1. The number of hydrogen-bond acceptors (Lipinski definition) is 4. The summed E-state index contributed by atoms with van der Waals surface area (Å²) in [4.78, 5) is 21.3. The number of ketones is 1. The van der Waals surface area contributed by atoms with Gasteiger partial charge >= 0.3 is 5.69 Å². The van der Waals surface area contributed by atoms with Gasteiger partial charge in [-0.1, -0.05) is 15.9 Å². The van der Waals surface area contributed by atoms with Crippen molar-refractivity contribution in [3.8, 4) is 11.5 Å². The van der Waals surface area contributed by atoms with Crippen molar-refractivity contribution in [2.45, 2.75) is 6.92 Å². The quantitative estimate of drug-likeness (QED) is 0.461. The molecule has 2 rings (SSSR count). The first-order valence-corrected chi connectivity index (χ1v) is 6.60. The molecule has 0 fully saturated rings. The number of benzene rings is 2. The van der Waals surface area contributed by atoms with Crippen LogP contribution in [0.15, 0.2) is 40.9 Å². The molecule has 0 aliphatic heterocycles. The van der Waals surface area contributed by atoms with E-state index in [4.69, 9.17) is 4.74 Å². The van der Waals surface area contributed by atoms with Gasteiger partial charge in [-0.2, -0.15) is 4.39 Å². The lowest BCUT2D eigenvalue weighted by Gasteiger charge is -2.10. The number of carbonyl (C=O) groups is 1. The summed E-state index contributed by atoms with van der Waals surface area (Å²) >= 11 is 3.24. The Kier molecular flexibility index (Phi) is 4.32. The van der Waals surface area contributed by atoms with E-state index in [-0.39, 0.29) is 17.3 Å². The molecule has 21 heavy (non-hydrogen) atoms. The molecule has 5 nitrogen and oxygen atoms in total. The largest absolute Gasteiger partial charge is 0.456 e. The molecule has 0 spiro atoms. The van der Waals surface area contributed by atoms with E-state index in [9.17, 15) is 19.3 Å². The standard InChI is InChI=1S/C14H9BrFNO4/c1-8(18)11-6-9(15)2-5-14(11)21-10-3-4-13(17(19)20)12(16)7-10/h2-7H,1H3. The zero-order valence-corrected chi connectivity index (χ0v) is 12.4. The fourth-order valence-corrected chi connectivity index (χ4v) is 2.05. The van der Waals surface area contributed by atoms with E-state index in [0.29, 0.717) is 10.0 Å². The molecule has 0 radical (unpaired) electrons. The molecule has 0 aliphatic carbocycles. The van der Waals surface area contributed by atoms with Crippen LogP contribution in [-0.4, -0.2) is 10.7 Å². The number of ether oxygens (including phenoxy) is 1. The average Bonchev–Trinajstić information content (AvgIpc) is 2.40. The normalized spacial score (nSPS) is 10.2. The summed E-state index contributed by atoms with van der Waals surface area (Å²) in [6.45, 7) is 1.38. The molecule has 0 atom stereocenters. The van der Waals surface area contributed by atoms with Gasteiger partial charge in [0, 0.05) is 16.6 Å². The number of nitro benzene ring substituents is 1. The van der Waals surface area contributed by atoms with E-state index < -0.39 is 16.4 Å². The van der Waals surface area contributed by atoms with Gasteiger partial charge in [-0.25, -0.2) is 0 Å². The summed E-state index contributed by atoms with van der Waals surface area (Å²) in [7, 11) is 0. The van der Waals surface area contributed by atoms with Gasteiger partial charge in [0.15, 0.2) is 5.78 Å². The van der Waals surface area contributed by atoms with Crippen LogP contribution in [-0.2, 0) is 0 Å². The summed E-state index contributed by atoms with van der Waals surface area (Å²) in [5.41, 5.74) is -0.312. The summed E-state index contributed by atoms with van der Waals surface area (Å²) in [6.07, 6.45) is 0. The number of nitro groups is 1. The maximum atomic E-state index is 13.5. The predicted molar refractivity (Wildman–Crippen MR) is 77.3 cm³/mol. The first-order valence-electron chi connectivity index (χ1n) is 5.81. The second kappa shape index (κ2) is 6.01. The van der Waals surface area contributed by atoms with Crippen LogP contribution in [0.4, 0.5) is 10.1 Å². The Hall–Kier alpha value is -2.28. The molecule has 0 unspecified atom stereocenters. The molecule has 0 heterocycles. The topological polar surface area (TPSA) is 69.4 Å². The van der Waals surface area contributed by atoms with Gasteiger partial charge in [0.05, 0.1) is 10.5 Å². The maximum absolute atomic E-state index is 13.5. The van der Waals surface area contributed by atoms with Crippen LogP contribution in [0.2, 0.25) is 0 Å². The second-order valence-corrected chi connectivity index (χ2v) is 5.08. The van der Waals surface area contributed by atoms with Crippen LogP contribution >= 0.6 is 15.9 Å². The van der Waals surface area contributed by atoms with Crippen LogP contribution < -0.4 is 4.74 Å². The molecule has 2 aromatic carbocycles. The average molecular weight is 354 g/mol. The van der Waals surface area contributed by atoms with Crippen molar-refractivity contribution >= 4 is 27.4 Å². The van der Waals surface area contributed by atoms with Crippen LogP contribution in [0.3, 0.4) is 0 Å². The first kappa shape index (κ1) is 15.1. The van der Waals surface area contributed by atoms with Gasteiger partial charge < -0.3 is 4.74 Å². The number of rotatable bonds is 4. The monoisotopic (exact) mass is 353 g/mol. The van der Waals surface area contributed by atoms with Gasteiger partial charge in [0.1, 0.15) is 11.5 Å². The van der Waals surface area contributed by atoms with Crippen molar-refractivity contribution in [1.29, 1.82) is 0 Å². The second-order valence-electron chi connectivity index (χ2n) is 4.17. The fourth-order valence-electron chi connectivity index (χ4n) is 1.69. The van der Waals surface area contributed by atoms with Crippen molar-refractivity contribution in [3.63, 3.8) is 0 Å². The zero-order chi connectivity index (χ0) is 15.6. The summed E-state index contributed by atoms with van der Waals surface area (Å²) in [5, 5.41) is 10.5. The Morgan fingerprint density at radius 3 is 2.57 bits per heavy atom. The van der Waals surface area contributed by atoms with E-state index in [1.54, 1.807) is 18.2 Å². The predicted octanol–water partition coefficient (Wildman–Crippen LogP) is 4.49. The highest BCUT2D eigenvalue weighted by atomic mass is 79.9. The Labute approximate surface area is 127 Å². The summed E-state index contributed by atoms with van der Waals surface area (Å²) < 4.78 is 19.7. The molecule has 0 saturated carbocycles. The van der Waals surface area contributed by atoms with Crippen LogP contribution in [0.5, 0.6) is 11.5 Å². The molecule has 0 N–H and O–H groups in total. The lowest BCUT2D eigenvalue weighted by atomic mass is 10.1. The zero-order valence-electron chi connectivity index (χ0n) is 10.8. The van der Waals surface area contributed by atoms with Crippen molar-refractivity contribution in [1.82, 2.24) is 0 Å². The molecule has 0 aromatic heterocycles. The van der Waals surface area contributed by atoms with E-state index in [2.05, 4.69) is 15.9 Å². The molecule has 0 aliphatic rings. The molecule has 0 bridgehead atoms. The van der Waals surface area contributed by atoms with Gasteiger partial charge in [0.2, 0.25) is 5.82 Å². The Morgan fingerprint density at radius 1 is 1.29 bits per heavy atom. The van der Waals surface area contributed by atoms with E-state index >= 15 is 0 Å². The summed E-state index contributed by atoms with van der Waals surface area (Å²) in [5.74, 6) is -0.894. The number of carbonyl (C=O) groups excluding carboxylic acids is 1. The van der Waals surface area contributed by atoms with Gasteiger partial charge in [0.25, 0.3) is 0 Å². The fraction of sp³-hybridized carbons (Fsp3) is 0.0714. The van der Waals surface area contributed by atoms with Crippen LogP contribution in [0.1, 0.15) is 17.3 Å². The number of nitrogens with zero attached hydrogens (tertiary/aromatic N) is 1. The van der Waals surface area contributed by atoms with Gasteiger partial charge in [-0.15, -0.1) is 0 Å². The van der Waals surface area contributed by atoms with E-state index in [1.165, 1.54) is 13.0 Å². The Balaban J connectivity index is 2.37. The first-order chi connectivity index (χ1) is 9.88. The van der Waals surface area contributed by atoms with Crippen LogP contribution in [0, 0.1) is 15.9 Å². The van der Waals surface area contributed by atoms with Crippen molar-refractivity contribution in [2.75, 3.05) is 0 Å². The molecule has 0 saturated heterocycles. The van der Waals surface area contributed by atoms with Crippen molar-refractivity contribution in [2.24, 2.45) is 0 Å². The van der Waals surface area contributed by atoms with E-state index in [0.717, 1.165) is 12.1 Å². The minimum atomic E-state index is -1.00. The lowest BCUT2D eigenvalue weighted by Crippen LogP contribution is -1.98. The smallest absolute Gasteiger partial charge is 0.305 e. The molecular weight excluding hydrogens is 345 g/mol. The molecule has 108 valence electrons. The van der Waals surface area contributed by atoms with Gasteiger partial charge in [-0.05, 0) is 31.2 Å². The molecule has 7 heteroatoms. The Bertz CT molecular complexity index is 733. The Morgan fingerprint density at radius 2 is 2.00 bits per heavy atom. The maximum Gasteiger partial charge on any atom is 0.305 e. The molecule has 2 aromatic rings. The third-order valence-corrected chi connectivity index (χ3v) is 3.16. The highest BCUT2D eigenvalue weighted by Crippen LogP contribution is 2.30. The third-order valence-electron chi connectivity index (χ3n) is 2.66. The van der Waals surface area contributed by atoms with Crippen LogP contribution in [0.25, 0.3) is 0 Å². The number of hydrogen-bond donors (Lipinski definition) is 0. The van der Waals surface area contributed by atoms with Gasteiger partial charge in [-0.3, -0.25) is 14.9 Å². The van der Waals surface area contributed by atoms with Crippen molar-refractivity contribution in [3.05, 3.63) is 62.4 Å². The highest BCUT2D eigenvalue weighted by molar-refractivity contribution is 9.10. The number of Topliss-reactive ketones (excluding diaryl/α,β-unsaturated/α-hetero) is 1. The molecule has 0 amide bonds. The lowest BCUT2D eigenvalue weighted by molar-refractivity contribution is -0.387. The van der Waals surface area contributed by atoms with E-state index in [1.807, 2.05) is 0 Å². The third kappa shape index (κ3) is 3.43. The summed E-state index contributed by atoms with van der Waals surface area (Å²) in [6, 6.07) is 8.00. The molecular formula is C14H9BrFNO4. The minimum Gasteiger partial charge on any atom is -0.456 e. The van der Waals surface area contributed by atoms with Crippen molar-refractivity contribution < 1.29 is 18.8 Å².